The summed E-state index contributed by atoms with van der Waals surface area (Å²) >= 11 is 0. The molecule has 0 atom stereocenters. The van der Waals surface area contributed by atoms with Gasteiger partial charge in [0.2, 0.25) is 0 Å². The lowest BCUT2D eigenvalue weighted by Crippen LogP contribution is -2.41. The SMILES string of the molecule is Cc1cnc(C2(C#N)CC(=O)C2)cn1. The Bertz CT molecular complexity index is 408. The zero-order valence-electron chi connectivity index (χ0n) is 7.82. The predicted molar refractivity (Wildman–Crippen MR) is 48.3 cm³/mol. The molecule has 1 aromatic rings. The molecule has 1 aliphatic rings. The van der Waals surface area contributed by atoms with E-state index in [9.17, 15) is 4.79 Å². The second-order valence-electron chi connectivity index (χ2n) is 3.63. The second-order valence-corrected chi connectivity index (χ2v) is 3.63. The van der Waals surface area contributed by atoms with E-state index < -0.39 is 5.41 Å². The van der Waals surface area contributed by atoms with Crippen molar-refractivity contribution in [2.45, 2.75) is 25.2 Å². The van der Waals surface area contributed by atoms with Crippen molar-refractivity contribution in [3.63, 3.8) is 0 Å². The number of aryl methyl sites for hydroxylation is 1. The number of carbonyl (C=O) groups is 1. The van der Waals surface area contributed by atoms with Crippen molar-refractivity contribution in [3.8, 4) is 6.07 Å². The molecule has 70 valence electrons. The van der Waals surface area contributed by atoms with Crippen LogP contribution in [0.1, 0.15) is 24.2 Å². The Labute approximate surface area is 81.6 Å². The van der Waals surface area contributed by atoms with E-state index in [1.165, 1.54) is 0 Å². The van der Waals surface area contributed by atoms with Gasteiger partial charge in [-0.1, -0.05) is 0 Å². The third-order valence-corrected chi connectivity index (χ3v) is 2.48. The summed E-state index contributed by atoms with van der Waals surface area (Å²) in [4.78, 5) is 19.1. The molecule has 14 heavy (non-hydrogen) atoms. The highest BCUT2D eigenvalue weighted by atomic mass is 16.1. The number of hydrogen-bond acceptors (Lipinski definition) is 4. The van der Waals surface area contributed by atoms with E-state index in [2.05, 4.69) is 16.0 Å². The Kier molecular flexibility index (Phi) is 1.81. The quantitative estimate of drug-likeness (QED) is 0.655. The zero-order chi connectivity index (χ0) is 10.2. The summed E-state index contributed by atoms with van der Waals surface area (Å²) in [6, 6.07) is 2.16. The first-order valence-electron chi connectivity index (χ1n) is 4.38. The Morgan fingerprint density at radius 1 is 1.43 bits per heavy atom. The van der Waals surface area contributed by atoms with Crippen LogP contribution in [-0.4, -0.2) is 15.8 Å². The van der Waals surface area contributed by atoms with Crippen LogP contribution in [0.5, 0.6) is 0 Å². The predicted octanol–water partition coefficient (Wildman–Crippen LogP) is 0.909. The molecule has 0 aromatic carbocycles. The van der Waals surface area contributed by atoms with E-state index in [1.807, 2.05) is 6.92 Å². The molecule has 0 amide bonds. The average molecular weight is 187 g/mol. The molecular weight excluding hydrogens is 178 g/mol. The van der Waals surface area contributed by atoms with Gasteiger partial charge in [-0.2, -0.15) is 5.26 Å². The van der Waals surface area contributed by atoms with Gasteiger partial charge in [0.05, 0.1) is 23.7 Å². The summed E-state index contributed by atoms with van der Waals surface area (Å²) in [5, 5.41) is 9.01. The Morgan fingerprint density at radius 3 is 2.57 bits per heavy atom. The van der Waals surface area contributed by atoms with Crippen molar-refractivity contribution >= 4 is 5.78 Å². The number of nitrogens with zero attached hydrogens (tertiary/aromatic N) is 3. The van der Waals surface area contributed by atoms with Gasteiger partial charge in [0.15, 0.2) is 0 Å². The van der Waals surface area contributed by atoms with Crippen molar-refractivity contribution in [3.05, 3.63) is 23.8 Å². The number of aromatic nitrogens is 2. The summed E-state index contributed by atoms with van der Waals surface area (Å²) in [6.45, 7) is 1.84. The van der Waals surface area contributed by atoms with Crippen LogP contribution in [0.2, 0.25) is 0 Å². The van der Waals surface area contributed by atoms with Gasteiger partial charge in [-0.05, 0) is 6.92 Å². The minimum Gasteiger partial charge on any atom is -0.300 e. The number of rotatable bonds is 1. The molecule has 0 saturated heterocycles. The van der Waals surface area contributed by atoms with Crippen LogP contribution in [-0.2, 0) is 10.2 Å². The van der Waals surface area contributed by atoms with Gasteiger partial charge in [-0.3, -0.25) is 14.8 Å². The lowest BCUT2D eigenvalue weighted by molar-refractivity contribution is -0.126. The minimum absolute atomic E-state index is 0.119. The Balaban J connectivity index is 2.35. The summed E-state index contributed by atoms with van der Waals surface area (Å²) in [7, 11) is 0. The zero-order valence-corrected chi connectivity index (χ0v) is 7.82. The molecule has 1 aliphatic carbocycles. The number of carbonyl (C=O) groups excluding carboxylic acids is 1. The fraction of sp³-hybridized carbons (Fsp3) is 0.400. The third-order valence-electron chi connectivity index (χ3n) is 2.48. The second kappa shape index (κ2) is 2.88. The Morgan fingerprint density at radius 2 is 2.14 bits per heavy atom. The maximum absolute atomic E-state index is 10.9. The smallest absolute Gasteiger partial charge is 0.136 e. The molecule has 1 aromatic heterocycles. The van der Waals surface area contributed by atoms with Crippen molar-refractivity contribution in [2.75, 3.05) is 0 Å². The van der Waals surface area contributed by atoms with Crippen molar-refractivity contribution in [2.24, 2.45) is 0 Å². The van der Waals surface area contributed by atoms with Gasteiger partial charge in [0, 0.05) is 19.0 Å². The first-order chi connectivity index (χ1) is 6.66. The van der Waals surface area contributed by atoms with Crippen LogP contribution < -0.4 is 0 Å². The van der Waals surface area contributed by atoms with Gasteiger partial charge in [-0.25, -0.2) is 0 Å². The van der Waals surface area contributed by atoms with Crippen LogP contribution in [0.4, 0.5) is 0 Å². The highest BCUT2D eigenvalue weighted by molar-refractivity contribution is 5.89. The van der Waals surface area contributed by atoms with E-state index in [0.717, 1.165) is 5.69 Å². The highest BCUT2D eigenvalue weighted by Crippen LogP contribution is 2.39. The highest BCUT2D eigenvalue weighted by Gasteiger charge is 2.46. The molecule has 0 radical (unpaired) electrons. The summed E-state index contributed by atoms with van der Waals surface area (Å²) in [5.74, 6) is 0.119. The molecule has 0 bridgehead atoms. The van der Waals surface area contributed by atoms with E-state index in [0.29, 0.717) is 5.69 Å². The molecule has 1 saturated carbocycles. The van der Waals surface area contributed by atoms with Crippen molar-refractivity contribution in [1.82, 2.24) is 9.97 Å². The molecule has 1 fully saturated rings. The first kappa shape index (κ1) is 8.82. The average Bonchev–Trinajstić information content (AvgIpc) is 2.14. The number of nitriles is 1. The van der Waals surface area contributed by atoms with Gasteiger partial charge < -0.3 is 0 Å². The van der Waals surface area contributed by atoms with Gasteiger partial charge >= 0.3 is 0 Å². The van der Waals surface area contributed by atoms with E-state index in [-0.39, 0.29) is 18.6 Å². The van der Waals surface area contributed by atoms with E-state index in [1.54, 1.807) is 12.4 Å². The number of ketones is 1. The molecule has 0 unspecified atom stereocenters. The molecule has 0 spiro atoms. The van der Waals surface area contributed by atoms with Crippen LogP contribution >= 0.6 is 0 Å². The monoisotopic (exact) mass is 187 g/mol. The topological polar surface area (TPSA) is 66.6 Å². The Hall–Kier alpha value is -1.76. The molecule has 0 aliphatic heterocycles. The van der Waals surface area contributed by atoms with Crippen LogP contribution in [0, 0.1) is 18.3 Å². The van der Waals surface area contributed by atoms with Gasteiger partial charge in [-0.15, -0.1) is 0 Å². The van der Waals surface area contributed by atoms with E-state index >= 15 is 0 Å². The lowest BCUT2D eigenvalue weighted by atomic mass is 9.67. The fourth-order valence-electron chi connectivity index (χ4n) is 1.58. The molecule has 0 N–H and O–H groups in total. The van der Waals surface area contributed by atoms with E-state index in [4.69, 9.17) is 5.26 Å². The number of Topliss-reactive ketones (excluding diaryl/α,β-unsaturated/α-hetero) is 1. The standard InChI is InChI=1S/C10H9N3O/c1-7-4-13-9(5-12-7)10(6-11)2-8(14)3-10/h4-5H,2-3H2,1H3. The molecule has 2 rings (SSSR count). The maximum Gasteiger partial charge on any atom is 0.136 e. The van der Waals surface area contributed by atoms with Crippen molar-refractivity contribution in [1.29, 1.82) is 5.26 Å². The molecular formula is C10H9N3O. The largest absolute Gasteiger partial charge is 0.300 e. The van der Waals surface area contributed by atoms with Crippen LogP contribution in [0.3, 0.4) is 0 Å². The lowest BCUT2D eigenvalue weighted by Gasteiger charge is -2.32. The summed E-state index contributed by atoms with van der Waals surface area (Å²) in [5.41, 5.74) is 0.732. The van der Waals surface area contributed by atoms with Crippen LogP contribution in [0.25, 0.3) is 0 Å². The van der Waals surface area contributed by atoms with Crippen molar-refractivity contribution < 1.29 is 4.79 Å². The fourth-order valence-corrected chi connectivity index (χ4v) is 1.58. The molecule has 4 nitrogen and oxygen atoms in total. The number of hydrogen-bond donors (Lipinski definition) is 0. The third kappa shape index (κ3) is 1.18. The maximum atomic E-state index is 10.9. The summed E-state index contributed by atoms with van der Waals surface area (Å²) < 4.78 is 0. The van der Waals surface area contributed by atoms with Crippen LogP contribution in [0.15, 0.2) is 12.4 Å². The van der Waals surface area contributed by atoms with Gasteiger partial charge in [0.25, 0.3) is 0 Å². The summed E-state index contributed by atoms with van der Waals surface area (Å²) in [6.07, 6.45) is 3.77. The molecule has 4 heteroatoms. The minimum atomic E-state index is -0.697. The normalized spacial score (nSPS) is 18.4. The molecule has 1 heterocycles. The first-order valence-corrected chi connectivity index (χ1v) is 4.38. The van der Waals surface area contributed by atoms with Gasteiger partial charge in [0.1, 0.15) is 11.2 Å².